The monoisotopic (exact) mass is 549 g/mol. The third kappa shape index (κ3) is 5.97. The topological polar surface area (TPSA) is 67.2 Å². The highest BCUT2D eigenvalue weighted by atomic mass is 16.3. The van der Waals surface area contributed by atoms with Gasteiger partial charge in [-0.05, 0) is 85.8 Å². The van der Waals surface area contributed by atoms with Crippen LogP contribution in [0, 0.1) is 12.8 Å². The molecule has 0 aliphatic heterocycles. The predicted molar refractivity (Wildman–Crippen MR) is 165 cm³/mol. The van der Waals surface area contributed by atoms with E-state index in [1.165, 1.54) is 60.7 Å². The Morgan fingerprint density at radius 1 is 0.902 bits per heavy atom. The van der Waals surface area contributed by atoms with E-state index in [2.05, 4.69) is 53.2 Å². The van der Waals surface area contributed by atoms with Gasteiger partial charge in [-0.15, -0.1) is 0 Å². The third-order valence-corrected chi connectivity index (χ3v) is 9.39. The first-order valence-corrected chi connectivity index (χ1v) is 15.6. The van der Waals surface area contributed by atoms with Crippen molar-refractivity contribution in [1.29, 1.82) is 0 Å². The molecule has 0 radical (unpaired) electrons. The molecule has 5 nitrogen and oxygen atoms in total. The number of carbonyl (C=O) groups is 1. The van der Waals surface area contributed by atoms with Crippen molar-refractivity contribution in [3.8, 4) is 0 Å². The number of nitrogens with zero attached hydrogens (tertiary/aromatic N) is 2. The van der Waals surface area contributed by atoms with Crippen molar-refractivity contribution in [2.75, 3.05) is 6.61 Å². The quantitative estimate of drug-likeness (QED) is 0.229. The minimum atomic E-state index is -0.402. The van der Waals surface area contributed by atoms with Crippen molar-refractivity contribution >= 4 is 16.9 Å². The van der Waals surface area contributed by atoms with E-state index in [0.29, 0.717) is 5.92 Å². The van der Waals surface area contributed by atoms with Crippen LogP contribution in [0.2, 0.25) is 0 Å². The van der Waals surface area contributed by atoms with Crippen molar-refractivity contribution in [3.63, 3.8) is 0 Å². The molecular weight excluding hydrogens is 506 g/mol. The smallest absolute Gasteiger partial charge is 0.228 e. The average Bonchev–Trinajstić information content (AvgIpc) is 3.13. The summed E-state index contributed by atoms with van der Waals surface area (Å²) in [4.78, 5) is 18.9. The zero-order chi connectivity index (χ0) is 28.2. The van der Waals surface area contributed by atoms with Gasteiger partial charge in [0.25, 0.3) is 0 Å². The van der Waals surface area contributed by atoms with Crippen LogP contribution in [0.3, 0.4) is 0 Å². The number of aliphatic hydroxyl groups is 1. The molecule has 41 heavy (non-hydrogen) atoms. The number of hydrogen-bond acceptors (Lipinski definition) is 3. The number of carbonyl (C=O) groups excluding carboxylic acids is 1. The van der Waals surface area contributed by atoms with Gasteiger partial charge < -0.3 is 15.0 Å². The lowest BCUT2D eigenvalue weighted by Crippen LogP contribution is -2.37. The SMILES string of the molecule is Cc1ccc2c3c(n(Cc4ccc(C(C(=O)NC(CO)c5ccccc5)C5CCCCCC5)cc4)c2n1)CCCC3. The molecule has 2 N–H and O–H groups in total. The summed E-state index contributed by atoms with van der Waals surface area (Å²) in [5.41, 5.74) is 8.34. The number of benzene rings is 2. The molecule has 2 atom stereocenters. The summed E-state index contributed by atoms with van der Waals surface area (Å²) in [6.45, 7) is 2.75. The molecule has 2 unspecified atom stereocenters. The number of aliphatic hydroxyl groups excluding tert-OH is 1. The molecular formula is C36H43N3O2. The Labute approximate surface area is 244 Å². The van der Waals surface area contributed by atoms with Crippen LogP contribution in [0.5, 0.6) is 0 Å². The second-order valence-corrected chi connectivity index (χ2v) is 12.2. The van der Waals surface area contributed by atoms with Crippen LogP contribution in [0.1, 0.15) is 97.0 Å². The molecule has 1 fully saturated rings. The number of amides is 1. The highest BCUT2D eigenvalue weighted by Gasteiger charge is 2.32. The van der Waals surface area contributed by atoms with Crippen LogP contribution in [0.15, 0.2) is 66.7 Å². The summed E-state index contributed by atoms with van der Waals surface area (Å²) in [6, 6.07) is 22.6. The van der Waals surface area contributed by atoms with Gasteiger partial charge in [0.2, 0.25) is 5.91 Å². The molecule has 2 aliphatic carbocycles. The van der Waals surface area contributed by atoms with Gasteiger partial charge in [-0.2, -0.15) is 0 Å². The van der Waals surface area contributed by atoms with Crippen molar-refractivity contribution in [2.45, 2.75) is 89.6 Å². The Hall–Kier alpha value is -3.44. The summed E-state index contributed by atoms with van der Waals surface area (Å²) in [5.74, 6) is 0.119. The van der Waals surface area contributed by atoms with Crippen LogP contribution in [-0.4, -0.2) is 27.2 Å². The van der Waals surface area contributed by atoms with E-state index in [1.54, 1.807) is 0 Å². The van der Waals surface area contributed by atoms with E-state index in [0.717, 1.165) is 54.7 Å². The number of hydrogen-bond donors (Lipinski definition) is 2. The molecule has 0 spiro atoms. The van der Waals surface area contributed by atoms with Crippen molar-refractivity contribution < 1.29 is 9.90 Å². The summed E-state index contributed by atoms with van der Waals surface area (Å²) in [5, 5.41) is 14.7. The highest BCUT2D eigenvalue weighted by molar-refractivity contribution is 5.85. The Kier molecular flexibility index (Phi) is 8.52. The fourth-order valence-electron chi connectivity index (χ4n) is 7.24. The molecule has 2 aliphatic rings. The van der Waals surface area contributed by atoms with Crippen LogP contribution in [-0.2, 0) is 24.2 Å². The molecule has 5 heteroatoms. The first-order chi connectivity index (χ1) is 20.1. The molecule has 0 saturated heterocycles. The van der Waals surface area contributed by atoms with Crippen LogP contribution >= 0.6 is 0 Å². The minimum Gasteiger partial charge on any atom is -0.394 e. The number of aryl methyl sites for hydroxylation is 2. The number of aromatic nitrogens is 2. The molecule has 2 aromatic heterocycles. The summed E-state index contributed by atoms with van der Waals surface area (Å²) in [6.07, 6.45) is 11.7. The minimum absolute atomic E-state index is 0.0256. The second kappa shape index (κ2) is 12.6. The van der Waals surface area contributed by atoms with Gasteiger partial charge in [-0.25, -0.2) is 4.98 Å². The third-order valence-electron chi connectivity index (χ3n) is 9.39. The molecule has 0 bridgehead atoms. The van der Waals surface area contributed by atoms with Crippen LogP contribution in [0.25, 0.3) is 11.0 Å². The molecule has 1 amide bonds. The molecule has 2 aromatic carbocycles. The van der Waals surface area contributed by atoms with E-state index in [9.17, 15) is 9.90 Å². The summed E-state index contributed by atoms with van der Waals surface area (Å²) >= 11 is 0. The Balaban J connectivity index is 1.28. The van der Waals surface area contributed by atoms with Gasteiger partial charge in [-0.1, -0.05) is 80.3 Å². The number of fused-ring (bicyclic) bond motifs is 3. The molecule has 6 rings (SSSR count). The number of nitrogens with one attached hydrogen (secondary N) is 1. The Morgan fingerprint density at radius 2 is 1.63 bits per heavy atom. The average molecular weight is 550 g/mol. The largest absolute Gasteiger partial charge is 0.394 e. The van der Waals surface area contributed by atoms with Crippen molar-refractivity contribution in [3.05, 3.63) is 100 Å². The van der Waals surface area contributed by atoms with Crippen LogP contribution < -0.4 is 5.32 Å². The van der Waals surface area contributed by atoms with E-state index < -0.39 is 6.04 Å². The van der Waals surface area contributed by atoms with Gasteiger partial charge in [0, 0.05) is 23.3 Å². The van der Waals surface area contributed by atoms with Crippen molar-refractivity contribution in [2.24, 2.45) is 5.92 Å². The molecule has 4 aromatic rings. The van der Waals surface area contributed by atoms with E-state index in [4.69, 9.17) is 4.98 Å². The standard InChI is InChI=1S/C36H43N3O2/c1-25-17-22-31-30-15-9-10-16-33(30)39(35(31)37-25)23-26-18-20-29(21-19-26)34(28-13-5-2-3-6-14-28)36(41)38-32(24-40)27-11-7-4-8-12-27/h4,7-8,11-12,17-22,28,32,34,40H,2-3,5-6,9-10,13-16,23-24H2,1H3,(H,38,41). The zero-order valence-electron chi connectivity index (χ0n) is 24.3. The van der Waals surface area contributed by atoms with Crippen LogP contribution in [0.4, 0.5) is 0 Å². The molecule has 1 saturated carbocycles. The van der Waals surface area contributed by atoms with Gasteiger partial charge >= 0.3 is 0 Å². The van der Waals surface area contributed by atoms with E-state index >= 15 is 0 Å². The number of rotatable bonds is 8. The maximum absolute atomic E-state index is 13.9. The Morgan fingerprint density at radius 3 is 2.37 bits per heavy atom. The fraction of sp³-hybridized carbons (Fsp3) is 0.444. The first kappa shape index (κ1) is 27.7. The zero-order valence-corrected chi connectivity index (χ0v) is 24.3. The van der Waals surface area contributed by atoms with E-state index in [1.807, 2.05) is 30.3 Å². The normalized spacial score (nSPS) is 17.5. The predicted octanol–water partition coefficient (Wildman–Crippen LogP) is 7.18. The molecule has 2 heterocycles. The van der Waals surface area contributed by atoms with Gasteiger partial charge in [0.15, 0.2) is 0 Å². The maximum atomic E-state index is 13.9. The highest BCUT2D eigenvalue weighted by Crippen LogP contribution is 2.37. The lowest BCUT2D eigenvalue weighted by atomic mass is 9.80. The lowest BCUT2D eigenvalue weighted by molar-refractivity contribution is -0.125. The van der Waals surface area contributed by atoms with Gasteiger partial charge in [0.1, 0.15) is 5.65 Å². The maximum Gasteiger partial charge on any atom is 0.228 e. The van der Waals surface area contributed by atoms with E-state index in [-0.39, 0.29) is 18.4 Å². The van der Waals surface area contributed by atoms with Gasteiger partial charge in [-0.3, -0.25) is 4.79 Å². The van der Waals surface area contributed by atoms with Gasteiger partial charge in [0.05, 0.1) is 18.6 Å². The molecule has 214 valence electrons. The second-order valence-electron chi connectivity index (χ2n) is 12.2. The summed E-state index contributed by atoms with van der Waals surface area (Å²) in [7, 11) is 0. The Bertz CT molecular complexity index is 1470. The fourth-order valence-corrected chi connectivity index (χ4v) is 7.24. The summed E-state index contributed by atoms with van der Waals surface area (Å²) < 4.78 is 2.44. The first-order valence-electron chi connectivity index (χ1n) is 15.6. The number of pyridine rings is 1. The van der Waals surface area contributed by atoms with Crippen molar-refractivity contribution in [1.82, 2.24) is 14.9 Å². The lowest BCUT2D eigenvalue weighted by Gasteiger charge is -2.28.